The molecule has 0 saturated carbocycles. The molecule has 1 fully saturated rings. The van der Waals surface area contributed by atoms with Gasteiger partial charge < -0.3 is 19.5 Å². The molecule has 1 aromatic heterocycles. The standard InChI is InChI=1S/C15H27N3O/c1-19-12-6-16-13-15-5-9-18(14-15)11-10-17-7-3-2-4-8-17/h5,9,14,16H,2-4,6-8,10-13H2,1H3. The number of likely N-dealkylation sites (tertiary alicyclic amines) is 1. The first-order chi connectivity index (χ1) is 9.38. The third-order valence-corrected chi connectivity index (χ3v) is 3.75. The van der Waals surface area contributed by atoms with Crippen molar-refractivity contribution in [2.75, 3.05) is 39.9 Å². The van der Waals surface area contributed by atoms with Gasteiger partial charge >= 0.3 is 0 Å². The predicted octanol–water partition coefficient (Wildman–Crippen LogP) is 1.71. The Labute approximate surface area is 116 Å². The van der Waals surface area contributed by atoms with E-state index in [1.807, 2.05) is 0 Å². The van der Waals surface area contributed by atoms with E-state index in [9.17, 15) is 0 Å². The van der Waals surface area contributed by atoms with E-state index in [1.165, 1.54) is 44.5 Å². The van der Waals surface area contributed by atoms with Gasteiger partial charge in [0.1, 0.15) is 0 Å². The fraction of sp³-hybridized carbons (Fsp3) is 0.733. The van der Waals surface area contributed by atoms with Crippen molar-refractivity contribution in [2.24, 2.45) is 0 Å². The molecule has 2 heterocycles. The number of methoxy groups -OCH3 is 1. The van der Waals surface area contributed by atoms with E-state index in [0.29, 0.717) is 0 Å². The number of aromatic nitrogens is 1. The van der Waals surface area contributed by atoms with Crippen LogP contribution in [0.1, 0.15) is 24.8 Å². The van der Waals surface area contributed by atoms with Crippen LogP contribution in [0, 0.1) is 0 Å². The molecule has 19 heavy (non-hydrogen) atoms. The summed E-state index contributed by atoms with van der Waals surface area (Å²) in [5.74, 6) is 0. The van der Waals surface area contributed by atoms with Crippen molar-refractivity contribution < 1.29 is 4.74 Å². The van der Waals surface area contributed by atoms with E-state index < -0.39 is 0 Å². The first-order valence-electron chi connectivity index (χ1n) is 7.45. The summed E-state index contributed by atoms with van der Waals surface area (Å²) < 4.78 is 7.32. The number of ether oxygens (including phenoxy) is 1. The van der Waals surface area contributed by atoms with Crippen LogP contribution >= 0.6 is 0 Å². The van der Waals surface area contributed by atoms with Crippen molar-refractivity contribution in [3.8, 4) is 0 Å². The Morgan fingerprint density at radius 2 is 2.05 bits per heavy atom. The molecule has 0 atom stereocenters. The molecule has 1 saturated heterocycles. The smallest absolute Gasteiger partial charge is 0.0587 e. The Balaban J connectivity index is 1.65. The van der Waals surface area contributed by atoms with E-state index in [0.717, 1.165) is 26.2 Å². The van der Waals surface area contributed by atoms with Crippen molar-refractivity contribution in [3.63, 3.8) is 0 Å². The number of piperidine rings is 1. The molecule has 1 aromatic rings. The Bertz CT molecular complexity index is 345. The molecule has 0 spiro atoms. The third kappa shape index (κ3) is 5.35. The van der Waals surface area contributed by atoms with Gasteiger partial charge in [0.05, 0.1) is 6.61 Å². The van der Waals surface area contributed by atoms with Crippen LogP contribution in [0.15, 0.2) is 18.5 Å². The highest BCUT2D eigenvalue weighted by molar-refractivity contribution is 5.09. The molecule has 1 N–H and O–H groups in total. The lowest BCUT2D eigenvalue weighted by molar-refractivity contribution is 0.199. The Kier molecular flexibility index (Phi) is 6.41. The number of rotatable bonds is 8. The summed E-state index contributed by atoms with van der Waals surface area (Å²) in [7, 11) is 1.73. The summed E-state index contributed by atoms with van der Waals surface area (Å²) in [6, 6.07) is 2.20. The maximum atomic E-state index is 5.02. The molecular formula is C15H27N3O. The second-order valence-corrected chi connectivity index (χ2v) is 5.33. The molecule has 1 aliphatic heterocycles. The van der Waals surface area contributed by atoms with E-state index in [-0.39, 0.29) is 0 Å². The summed E-state index contributed by atoms with van der Waals surface area (Å²) in [4.78, 5) is 2.58. The van der Waals surface area contributed by atoms with Gasteiger partial charge in [-0.1, -0.05) is 6.42 Å². The van der Waals surface area contributed by atoms with Crippen LogP contribution < -0.4 is 5.32 Å². The lowest BCUT2D eigenvalue weighted by atomic mass is 10.1. The third-order valence-electron chi connectivity index (χ3n) is 3.75. The van der Waals surface area contributed by atoms with Crippen molar-refractivity contribution in [3.05, 3.63) is 24.0 Å². The zero-order valence-electron chi connectivity index (χ0n) is 12.1. The molecule has 0 amide bonds. The van der Waals surface area contributed by atoms with Crippen LogP contribution in [-0.2, 0) is 17.8 Å². The minimum absolute atomic E-state index is 0.773. The maximum Gasteiger partial charge on any atom is 0.0587 e. The Hall–Kier alpha value is -0.840. The molecule has 0 radical (unpaired) electrons. The van der Waals surface area contributed by atoms with Gasteiger partial charge in [0.2, 0.25) is 0 Å². The van der Waals surface area contributed by atoms with Gasteiger partial charge in [-0.25, -0.2) is 0 Å². The molecule has 0 aromatic carbocycles. The van der Waals surface area contributed by atoms with Gasteiger partial charge in [-0.05, 0) is 37.6 Å². The highest BCUT2D eigenvalue weighted by atomic mass is 16.5. The molecule has 4 heteroatoms. The van der Waals surface area contributed by atoms with Crippen LogP contribution in [-0.4, -0.2) is 49.4 Å². The summed E-state index contributed by atoms with van der Waals surface area (Å²) in [6.45, 7) is 7.48. The first-order valence-corrected chi connectivity index (χ1v) is 7.45. The molecule has 0 aliphatic carbocycles. The highest BCUT2D eigenvalue weighted by Crippen LogP contribution is 2.09. The SMILES string of the molecule is COCCNCc1ccn(CCN2CCCCC2)c1. The first kappa shape index (κ1) is 14.6. The summed E-state index contributed by atoms with van der Waals surface area (Å²) >= 11 is 0. The zero-order chi connectivity index (χ0) is 13.3. The van der Waals surface area contributed by atoms with Gasteiger partial charge in [-0.2, -0.15) is 0 Å². The van der Waals surface area contributed by atoms with E-state index >= 15 is 0 Å². The van der Waals surface area contributed by atoms with Crippen LogP contribution in [0.3, 0.4) is 0 Å². The monoisotopic (exact) mass is 265 g/mol. The Morgan fingerprint density at radius 3 is 2.84 bits per heavy atom. The summed E-state index contributed by atoms with van der Waals surface area (Å²) in [5, 5.41) is 3.37. The van der Waals surface area contributed by atoms with Crippen molar-refractivity contribution in [2.45, 2.75) is 32.4 Å². The summed E-state index contributed by atoms with van der Waals surface area (Å²) in [6.07, 6.45) is 8.61. The number of hydrogen-bond acceptors (Lipinski definition) is 3. The largest absolute Gasteiger partial charge is 0.383 e. The van der Waals surface area contributed by atoms with Crippen molar-refractivity contribution in [1.29, 1.82) is 0 Å². The number of nitrogens with one attached hydrogen (secondary N) is 1. The number of nitrogens with zero attached hydrogens (tertiary/aromatic N) is 2. The fourth-order valence-electron chi connectivity index (χ4n) is 2.58. The van der Waals surface area contributed by atoms with Crippen LogP contribution in [0.25, 0.3) is 0 Å². The van der Waals surface area contributed by atoms with Gasteiger partial charge in [-0.3, -0.25) is 0 Å². The fourth-order valence-corrected chi connectivity index (χ4v) is 2.58. The second-order valence-electron chi connectivity index (χ2n) is 5.33. The molecule has 0 bridgehead atoms. The topological polar surface area (TPSA) is 29.4 Å². The van der Waals surface area contributed by atoms with Gasteiger partial charge in [0, 0.05) is 45.7 Å². The summed E-state index contributed by atoms with van der Waals surface area (Å²) in [5.41, 5.74) is 1.36. The Morgan fingerprint density at radius 1 is 1.21 bits per heavy atom. The average molecular weight is 265 g/mol. The van der Waals surface area contributed by atoms with E-state index in [2.05, 4.69) is 33.2 Å². The van der Waals surface area contributed by atoms with Crippen molar-refractivity contribution >= 4 is 0 Å². The molecule has 2 rings (SSSR count). The molecule has 4 nitrogen and oxygen atoms in total. The number of hydrogen-bond donors (Lipinski definition) is 1. The molecular weight excluding hydrogens is 238 g/mol. The van der Waals surface area contributed by atoms with E-state index in [1.54, 1.807) is 7.11 Å². The molecule has 0 unspecified atom stereocenters. The van der Waals surface area contributed by atoms with Crippen LogP contribution in [0.4, 0.5) is 0 Å². The zero-order valence-corrected chi connectivity index (χ0v) is 12.1. The normalized spacial score (nSPS) is 16.9. The molecule has 1 aliphatic rings. The van der Waals surface area contributed by atoms with Gasteiger partial charge in [0.25, 0.3) is 0 Å². The quantitative estimate of drug-likeness (QED) is 0.726. The van der Waals surface area contributed by atoms with Gasteiger partial charge in [0.15, 0.2) is 0 Å². The lowest BCUT2D eigenvalue weighted by Gasteiger charge is -2.26. The van der Waals surface area contributed by atoms with Crippen LogP contribution in [0.2, 0.25) is 0 Å². The molecule has 108 valence electrons. The minimum Gasteiger partial charge on any atom is -0.383 e. The highest BCUT2D eigenvalue weighted by Gasteiger charge is 2.09. The maximum absolute atomic E-state index is 5.02. The van der Waals surface area contributed by atoms with E-state index in [4.69, 9.17) is 4.74 Å². The van der Waals surface area contributed by atoms with Crippen molar-refractivity contribution in [1.82, 2.24) is 14.8 Å². The van der Waals surface area contributed by atoms with Gasteiger partial charge in [-0.15, -0.1) is 0 Å². The lowest BCUT2D eigenvalue weighted by Crippen LogP contribution is -2.32. The second kappa shape index (κ2) is 8.35. The minimum atomic E-state index is 0.773. The predicted molar refractivity (Wildman–Crippen MR) is 78.3 cm³/mol. The average Bonchev–Trinajstić information content (AvgIpc) is 2.91. The van der Waals surface area contributed by atoms with Crippen LogP contribution in [0.5, 0.6) is 0 Å².